The summed E-state index contributed by atoms with van der Waals surface area (Å²) in [4.78, 5) is 15.7. The summed E-state index contributed by atoms with van der Waals surface area (Å²) >= 11 is 0. The van der Waals surface area contributed by atoms with Crippen molar-refractivity contribution in [2.75, 3.05) is 6.54 Å². The SMILES string of the molecule is CC(C)CNC(=O)CC(c1cccc(C(F)(F)F)c1)c1c[nH]c2ccccc12. The number of carbonyl (C=O) groups is 1. The average molecular weight is 388 g/mol. The first-order valence-electron chi connectivity index (χ1n) is 9.25. The van der Waals surface area contributed by atoms with Gasteiger partial charge in [0, 0.05) is 36.0 Å². The summed E-state index contributed by atoms with van der Waals surface area (Å²) in [6, 6.07) is 12.8. The van der Waals surface area contributed by atoms with Crippen LogP contribution in [0.3, 0.4) is 0 Å². The lowest BCUT2D eigenvalue weighted by molar-refractivity contribution is -0.137. The van der Waals surface area contributed by atoms with Crippen molar-refractivity contribution in [3.63, 3.8) is 0 Å². The third-order valence-electron chi connectivity index (χ3n) is 4.71. The Morgan fingerprint density at radius 3 is 2.57 bits per heavy atom. The van der Waals surface area contributed by atoms with E-state index in [1.165, 1.54) is 6.07 Å². The number of hydrogen-bond acceptors (Lipinski definition) is 1. The number of carbonyl (C=O) groups excluding carboxylic acids is 1. The number of nitrogens with one attached hydrogen (secondary N) is 2. The van der Waals surface area contributed by atoms with Crippen LogP contribution >= 0.6 is 0 Å². The van der Waals surface area contributed by atoms with E-state index in [2.05, 4.69) is 10.3 Å². The zero-order valence-electron chi connectivity index (χ0n) is 15.8. The van der Waals surface area contributed by atoms with E-state index in [0.717, 1.165) is 28.6 Å². The van der Waals surface area contributed by atoms with Gasteiger partial charge in [0.15, 0.2) is 0 Å². The molecule has 148 valence electrons. The minimum Gasteiger partial charge on any atom is -0.361 e. The van der Waals surface area contributed by atoms with Gasteiger partial charge in [-0.05, 0) is 29.2 Å². The Morgan fingerprint density at radius 2 is 1.86 bits per heavy atom. The lowest BCUT2D eigenvalue weighted by atomic mass is 9.87. The predicted molar refractivity (Wildman–Crippen MR) is 104 cm³/mol. The van der Waals surface area contributed by atoms with Crippen molar-refractivity contribution in [2.45, 2.75) is 32.4 Å². The molecular formula is C22H23F3N2O. The van der Waals surface area contributed by atoms with Crippen molar-refractivity contribution < 1.29 is 18.0 Å². The molecule has 6 heteroatoms. The maximum Gasteiger partial charge on any atom is 0.416 e. The van der Waals surface area contributed by atoms with Crippen LogP contribution in [0.25, 0.3) is 10.9 Å². The molecule has 1 aromatic heterocycles. The Bertz CT molecular complexity index is 960. The molecule has 0 aliphatic heterocycles. The fourth-order valence-corrected chi connectivity index (χ4v) is 3.30. The van der Waals surface area contributed by atoms with Crippen molar-refractivity contribution in [1.82, 2.24) is 10.3 Å². The van der Waals surface area contributed by atoms with E-state index in [1.54, 1.807) is 12.3 Å². The maximum atomic E-state index is 13.2. The van der Waals surface area contributed by atoms with Gasteiger partial charge in [-0.15, -0.1) is 0 Å². The van der Waals surface area contributed by atoms with E-state index in [4.69, 9.17) is 0 Å². The van der Waals surface area contributed by atoms with Crippen LogP contribution in [-0.4, -0.2) is 17.4 Å². The topological polar surface area (TPSA) is 44.9 Å². The largest absolute Gasteiger partial charge is 0.416 e. The van der Waals surface area contributed by atoms with E-state index in [9.17, 15) is 18.0 Å². The van der Waals surface area contributed by atoms with Gasteiger partial charge < -0.3 is 10.3 Å². The van der Waals surface area contributed by atoms with Crippen LogP contribution in [0, 0.1) is 5.92 Å². The van der Waals surface area contributed by atoms with Crippen molar-refractivity contribution in [2.24, 2.45) is 5.92 Å². The molecule has 0 aliphatic carbocycles. The number of hydrogen-bond donors (Lipinski definition) is 2. The minimum absolute atomic E-state index is 0.0792. The number of amides is 1. The highest BCUT2D eigenvalue weighted by molar-refractivity contribution is 5.86. The first-order valence-corrected chi connectivity index (χ1v) is 9.25. The van der Waals surface area contributed by atoms with Gasteiger partial charge in [0.05, 0.1) is 5.56 Å². The Balaban J connectivity index is 2.01. The first-order chi connectivity index (χ1) is 13.3. The molecule has 0 saturated carbocycles. The lowest BCUT2D eigenvalue weighted by Gasteiger charge is -2.19. The number of para-hydroxylation sites is 1. The number of alkyl halides is 3. The lowest BCUT2D eigenvalue weighted by Crippen LogP contribution is -2.28. The van der Waals surface area contributed by atoms with E-state index in [1.807, 2.05) is 38.1 Å². The van der Waals surface area contributed by atoms with E-state index < -0.39 is 17.7 Å². The van der Waals surface area contributed by atoms with Crippen LogP contribution in [0.2, 0.25) is 0 Å². The number of rotatable bonds is 6. The monoisotopic (exact) mass is 388 g/mol. The summed E-state index contributed by atoms with van der Waals surface area (Å²) in [6.45, 7) is 4.51. The van der Waals surface area contributed by atoms with Crippen molar-refractivity contribution in [3.8, 4) is 0 Å². The number of aromatic nitrogens is 1. The first kappa shape index (κ1) is 20.0. The maximum absolute atomic E-state index is 13.2. The molecule has 3 nitrogen and oxygen atoms in total. The van der Waals surface area contributed by atoms with Gasteiger partial charge in [-0.1, -0.05) is 50.2 Å². The molecule has 0 bridgehead atoms. The highest BCUT2D eigenvalue weighted by Crippen LogP contribution is 2.36. The number of halogens is 3. The highest BCUT2D eigenvalue weighted by atomic mass is 19.4. The summed E-state index contributed by atoms with van der Waals surface area (Å²) in [6.07, 6.45) is -2.57. The molecule has 0 spiro atoms. The number of benzene rings is 2. The molecule has 0 aliphatic rings. The molecular weight excluding hydrogens is 365 g/mol. The van der Waals surface area contributed by atoms with E-state index >= 15 is 0 Å². The van der Waals surface area contributed by atoms with Crippen molar-refractivity contribution >= 4 is 16.8 Å². The Hall–Kier alpha value is -2.76. The molecule has 1 heterocycles. The fourth-order valence-electron chi connectivity index (χ4n) is 3.30. The molecule has 1 atom stereocenters. The molecule has 3 rings (SSSR count). The van der Waals surface area contributed by atoms with Gasteiger partial charge in [-0.25, -0.2) is 0 Å². The summed E-state index contributed by atoms with van der Waals surface area (Å²) < 4.78 is 39.6. The van der Waals surface area contributed by atoms with Crippen LogP contribution in [0.5, 0.6) is 0 Å². The van der Waals surface area contributed by atoms with Gasteiger partial charge in [-0.2, -0.15) is 13.2 Å². The molecule has 28 heavy (non-hydrogen) atoms. The minimum atomic E-state index is -4.43. The Labute approximate surface area is 162 Å². The number of H-pyrrole nitrogens is 1. The van der Waals surface area contributed by atoms with Gasteiger partial charge in [-0.3, -0.25) is 4.79 Å². The Kier molecular flexibility index (Phi) is 5.77. The zero-order chi connectivity index (χ0) is 20.3. The Morgan fingerprint density at radius 1 is 1.11 bits per heavy atom. The molecule has 0 fully saturated rings. The summed E-state index contributed by atoms with van der Waals surface area (Å²) in [5.41, 5.74) is 1.46. The smallest absolute Gasteiger partial charge is 0.361 e. The summed E-state index contributed by atoms with van der Waals surface area (Å²) in [5, 5.41) is 3.77. The third kappa shape index (κ3) is 4.55. The predicted octanol–water partition coefficient (Wildman–Crippen LogP) is 5.48. The zero-order valence-corrected chi connectivity index (χ0v) is 15.8. The highest BCUT2D eigenvalue weighted by Gasteiger charge is 2.31. The normalized spacial score (nSPS) is 13.1. The molecule has 2 N–H and O–H groups in total. The van der Waals surface area contributed by atoms with E-state index in [0.29, 0.717) is 18.0 Å². The second-order valence-electron chi connectivity index (χ2n) is 7.37. The molecule has 1 amide bonds. The van der Waals surface area contributed by atoms with E-state index in [-0.39, 0.29) is 12.3 Å². The van der Waals surface area contributed by atoms with Crippen LogP contribution in [0.1, 0.15) is 42.9 Å². The van der Waals surface area contributed by atoms with Crippen LogP contribution in [0.15, 0.2) is 54.7 Å². The third-order valence-corrected chi connectivity index (χ3v) is 4.71. The standard InChI is InChI=1S/C22H23F3N2O/c1-14(2)12-27-21(28)11-18(15-6-5-7-16(10-15)22(23,24)25)19-13-26-20-9-4-3-8-17(19)20/h3-10,13-14,18,26H,11-12H2,1-2H3,(H,27,28). The summed E-state index contributed by atoms with van der Waals surface area (Å²) in [5.74, 6) is -0.365. The quantitative estimate of drug-likeness (QED) is 0.577. The number of fused-ring (bicyclic) bond motifs is 1. The van der Waals surface area contributed by atoms with Crippen molar-refractivity contribution in [3.05, 3.63) is 71.4 Å². The fraction of sp³-hybridized carbons (Fsp3) is 0.318. The van der Waals surface area contributed by atoms with Crippen LogP contribution in [-0.2, 0) is 11.0 Å². The number of aromatic amines is 1. The van der Waals surface area contributed by atoms with Gasteiger partial charge in [0.2, 0.25) is 5.91 Å². The van der Waals surface area contributed by atoms with Crippen molar-refractivity contribution in [1.29, 1.82) is 0 Å². The molecule has 2 aromatic carbocycles. The van der Waals surface area contributed by atoms with Gasteiger partial charge in [0.25, 0.3) is 0 Å². The second kappa shape index (κ2) is 8.09. The van der Waals surface area contributed by atoms with Gasteiger partial charge in [0.1, 0.15) is 0 Å². The molecule has 0 radical (unpaired) electrons. The van der Waals surface area contributed by atoms with Crippen LogP contribution in [0.4, 0.5) is 13.2 Å². The molecule has 3 aromatic rings. The molecule has 1 unspecified atom stereocenters. The average Bonchev–Trinajstić information content (AvgIpc) is 3.08. The van der Waals surface area contributed by atoms with Crippen LogP contribution < -0.4 is 5.32 Å². The summed E-state index contributed by atoms with van der Waals surface area (Å²) in [7, 11) is 0. The second-order valence-corrected chi connectivity index (χ2v) is 7.37. The van der Waals surface area contributed by atoms with Gasteiger partial charge >= 0.3 is 6.18 Å². The molecule has 0 saturated heterocycles.